The van der Waals surface area contributed by atoms with Crippen LogP contribution in [-0.2, 0) is 19.8 Å². The summed E-state index contributed by atoms with van der Waals surface area (Å²) in [5.74, 6) is -3.92. The number of nitrogens with zero attached hydrogens (tertiary/aromatic N) is 3. The van der Waals surface area contributed by atoms with Gasteiger partial charge in [-0.3, -0.25) is 9.59 Å². The van der Waals surface area contributed by atoms with E-state index in [4.69, 9.17) is 10.5 Å². The molecule has 1 aromatic carbocycles. The lowest BCUT2D eigenvalue weighted by Gasteiger charge is -2.23. The molecule has 0 radical (unpaired) electrons. The Balaban J connectivity index is 2.00. The van der Waals surface area contributed by atoms with E-state index in [1.165, 1.54) is 19.2 Å². The molecular formula is C28H30F5N7O3. The minimum atomic E-state index is -5.12. The van der Waals surface area contributed by atoms with Crippen LogP contribution in [0.5, 0.6) is 5.88 Å². The average Bonchev–Trinajstić information content (AvgIpc) is 2.96. The molecule has 0 fully saturated rings. The number of nitrogen functional groups attached to an aromatic ring is 1. The van der Waals surface area contributed by atoms with Gasteiger partial charge in [0.2, 0.25) is 5.88 Å². The Kier molecular flexibility index (Phi) is 8.92. The summed E-state index contributed by atoms with van der Waals surface area (Å²) in [6.07, 6.45) is -3.61. The number of carbonyl (C=O) groups excluding carboxylic acids is 1. The van der Waals surface area contributed by atoms with Crippen LogP contribution in [0.1, 0.15) is 47.4 Å². The van der Waals surface area contributed by atoms with Gasteiger partial charge in [0.15, 0.2) is 5.82 Å². The fourth-order valence-corrected chi connectivity index (χ4v) is 4.59. The summed E-state index contributed by atoms with van der Waals surface area (Å²) in [5, 5.41) is 12.6. The molecular weight excluding hydrogens is 577 g/mol. The number of ether oxygens (including phenoxy) is 1. The fraction of sp³-hybridized carbons (Fsp3) is 0.357. The van der Waals surface area contributed by atoms with Crippen molar-refractivity contribution < 1.29 is 31.5 Å². The van der Waals surface area contributed by atoms with E-state index < -0.39 is 80.6 Å². The summed E-state index contributed by atoms with van der Waals surface area (Å²) >= 11 is 0. The molecule has 5 N–H and O–H groups in total. The zero-order chi connectivity index (χ0) is 31.6. The summed E-state index contributed by atoms with van der Waals surface area (Å²) in [6, 6.07) is 3.24. The van der Waals surface area contributed by atoms with Crippen molar-refractivity contribution in [1.82, 2.24) is 25.4 Å². The van der Waals surface area contributed by atoms with Crippen LogP contribution in [0, 0.1) is 18.6 Å². The van der Waals surface area contributed by atoms with E-state index >= 15 is 4.39 Å². The quantitative estimate of drug-likeness (QED) is 0.258. The molecule has 0 bridgehead atoms. The second kappa shape index (κ2) is 12.3. The number of carbonyl (C=O) groups is 1. The smallest absolute Gasteiger partial charge is 0.417 e. The molecule has 15 heteroatoms. The minimum absolute atomic E-state index is 0.0280. The summed E-state index contributed by atoms with van der Waals surface area (Å²) < 4.78 is 80.8. The van der Waals surface area contributed by atoms with E-state index in [1.807, 2.05) is 0 Å². The van der Waals surface area contributed by atoms with Gasteiger partial charge in [0.1, 0.15) is 17.1 Å². The number of hydrogen-bond acceptors (Lipinski definition) is 8. The third-order valence-electron chi connectivity index (χ3n) is 6.86. The lowest BCUT2D eigenvalue weighted by molar-refractivity contribution is -0.137. The average molecular weight is 608 g/mol. The Bertz CT molecular complexity index is 1650. The molecule has 0 unspecified atom stereocenters. The number of hydrogen-bond donors (Lipinski definition) is 4. The van der Waals surface area contributed by atoms with Crippen molar-refractivity contribution in [2.24, 2.45) is 7.05 Å². The Labute approximate surface area is 243 Å². The van der Waals surface area contributed by atoms with Gasteiger partial charge in [-0.25, -0.2) is 18.4 Å². The number of allylic oxidation sites excluding steroid dienone is 1. The molecule has 230 valence electrons. The van der Waals surface area contributed by atoms with Gasteiger partial charge < -0.3 is 26.4 Å². The number of anilines is 2. The number of aromatic nitrogens is 3. The molecule has 4 rings (SSSR count). The zero-order valence-electron chi connectivity index (χ0n) is 23.7. The van der Waals surface area contributed by atoms with Crippen molar-refractivity contribution in [1.29, 1.82) is 0 Å². The van der Waals surface area contributed by atoms with Gasteiger partial charge in [-0.15, -0.1) is 0 Å². The first-order chi connectivity index (χ1) is 20.2. The Morgan fingerprint density at radius 1 is 1.21 bits per heavy atom. The van der Waals surface area contributed by atoms with Crippen LogP contribution in [0.2, 0.25) is 0 Å². The molecule has 0 saturated carbocycles. The molecule has 0 saturated heterocycles. The minimum Gasteiger partial charge on any atom is -0.474 e. The van der Waals surface area contributed by atoms with Crippen LogP contribution in [0.15, 0.2) is 34.8 Å². The molecule has 1 amide bonds. The highest BCUT2D eigenvalue weighted by Crippen LogP contribution is 2.44. The van der Waals surface area contributed by atoms with Gasteiger partial charge in [-0.2, -0.15) is 18.3 Å². The van der Waals surface area contributed by atoms with Crippen molar-refractivity contribution >= 4 is 17.3 Å². The third-order valence-corrected chi connectivity index (χ3v) is 6.86. The number of nitrogens with two attached hydrogens (primary N) is 1. The third kappa shape index (κ3) is 6.54. The Hall–Kier alpha value is -4.69. The zero-order valence-corrected chi connectivity index (χ0v) is 23.7. The normalized spacial score (nSPS) is 16.9. The number of pyridine rings is 1. The van der Waals surface area contributed by atoms with Crippen LogP contribution in [-0.4, -0.2) is 39.9 Å². The number of alkyl halides is 3. The highest BCUT2D eigenvalue weighted by atomic mass is 19.4. The van der Waals surface area contributed by atoms with Gasteiger partial charge in [-0.05, 0) is 38.5 Å². The van der Waals surface area contributed by atoms with E-state index in [2.05, 4.69) is 26.0 Å². The molecule has 3 heterocycles. The molecule has 1 aliphatic rings. The number of rotatable bonds is 4. The van der Waals surface area contributed by atoms with Gasteiger partial charge >= 0.3 is 6.18 Å². The SMILES string of the molecule is C/C=C1/CNC(=O)c2c(nc(-c3cc(N)c(F)c(C)c3C(F)(F)F)c(F)c2NCc2ccc(=O)n(C)n2)O[C@@H](C)CCN1. The molecule has 1 aliphatic heterocycles. The van der Waals surface area contributed by atoms with Gasteiger partial charge in [0.05, 0.1) is 41.8 Å². The molecule has 10 nitrogen and oxygen atoms in total. The highest BCUT2D eigenvalue weighted by Gasteiger charge is 2.39. The number of halogens is 5. The lowest BCUT2D eigenvalue weighted by atomic mass is 9.95. The number of aryl methyl sites for hydroxylation is 1. The maximum Gasteiger partial charge on any atom is 0.417 e. The van der Waals surface area contributed by atoms with Crippen molar-refractivity contribution in [3.63, 3.8) is 0 Å². The molecule has 0 aliphatic carbocycles. The maximum absolute atomic E-state index is 16.5. The largest absolute Gasteiger partial charge is 0.474 e. The van der Waals surface area contributed by atoms with E-state index in [0.29, 0.717) is 24.7 Å². The number of nitrogens with one attached hydrogen (secondary N) is 3. The summed E-state index contributed by atoms with van der Waals surface area (Å²) in [4.78, 5) is 29.4. The van der Waals surface area contributed by atoms with E-state index in [9.17, 15) is 27.2 Å². The summed E-state index contributed by atoms with van der Waals surface area (Å²) in [5.41, 5.74) is 0.565. The monoisotopic (exact) mass is 607 g/mol. The second-order valence-corrected chi connectivity index (χ2v) is 9.94. The summed E-state index contributed by atoms with van der Waals surface area (Å²) in [7, 11) is 1.40. The Morgan fingerprint density at radius 2 is 1.93 bits per heavy atom. The predicted octanol–water partition coefficient (Wildman–Crippen LogP) is 4.04. The molecule has 43 heavy (non-hydrogen) atoms. The van der Waals surface area contributed by atoms with Crippen LogP contribution in [0.3, 0.4) is 0 Å². The van der Waals surface area contributed by atoms with Gasteiger partial charge in [0, 0.05) is 37.3 Å². The van der Waals surface area contributed by atoms with Crippen LogP contribution in [0.4, 0.5) is 33.3 Å². The standard InChI is InChI=1S/C28H30F5N7O3/c1-5-15-11-37-26(42)20-25(36-12-16-6-7-19(41)40(4)39-16)23(30)24(38-27(20)43-13(2)8-9-35-15)17-10-18(34)22(29)14(3)21(17)28(31,32)33/h5-7,10,13,35H,8-9,11-12,34H2,1-4H3,(H,36,38)(H,37,42)/b15-5-/t13-/m0/s1. The van der Waals surface area contributed by atoms with Crippen LogP contribution >= 0.6 is 0 Å². The highest BCUT2D eigenvalue weighted by molar-refractivity contribution is 6.03. The topological polar surface area (TPSA) is 136 Å². The van der Waals surface area contributed by atoms with E-state index in [-0.39, 0.29) is 18.8 Å². The van der Waals surface area contributed by atoms with Gasteiger partial charge in [0.25, 0.3) is 11.5 Å². The van der Waals surface area contributed by atoms with Gasteiger partial charge in [-0.1, -0.05) is 6.08 Å². The first kappa shape index (κ1) is 31.3. The lowest BCUT2D eigenvalue weighted by Crippen LogP contribution is -2.31. The molecule has 3 aromatic rings. The molecule has 2 aromatic heterocycles. The fourth-order valence-electron chi connectivity index (χ4n) is 4.59. The molecule has 1 atom stereocenters. The van der Waals surface area contributed by atoms with Crippen molar-refractivity contribution in [3.8, 4) is 17.1 Å². The van der Waals surface area contributed by atoms with Crippen molar-refractivity contribution in [2.45, 2.75) is 46.0 Å². The first-order valence-electron chi connectivity index (χ1n) is 13.2. The second-order valence-electron chi connectivity index (χ2n) is 9.94. The predicted molar refractivity (Wildman–Crippen MR) is 149 cm³/mol. The van der Waals surface area contributed by atoms with E-state index in [0.717, 1.165) is 11.6 Å². The van der Waals surface area contributed by atoms with Crippen molar-refractivity contribution in [3.05, 3.63) is 74.3 Å². The van der Waals surface area contributed by atoms with Crippen LogP contribution in [0.25, 0.3) is 11.3 Å². The van der Waals surface area contributed by atoms with Crippen molar-refractivity contribution in [2.75, 3.05) is 24.1 Å². The molecule has 0 spiro atoms. The number of benzene rings is 1. The number of fused-ring (bicyclic) bond motifs is 1. The summed E-state index contributed by atoms with van der Waals surface area (Å²) in [6.45, 7) is 4.50. The number of amides is 1. The van der Waals surface area contributed by atoms with E-state index in [1.54, 1.807) is 19.9 Å². The van der Waals surface area contributed by atoms with Crippen LogP contribution < -0.4 is 32.0 Å². The maximum atomic E-state index is 16.5. The first-order valence-corrected chi connectivity index (χ1v) is 13.2. The Morgan fingerprint density at radius 3 is 2.58 bits per heavy atom.